The summed E-state index contributed by atoms with van der Waals surface area (Å²) in [5.41, 5.74) is 1.42. The highest BCUT2D eigenvalue weighted by Gasteiger charge is 2.36. The Bertz CT molecular complexity index is 1190. The van der Waals surface area contributed by atoms with Crippen LogP contribution in [-0.4, -0.2) is 71.9 Å². The molecule has 2 N–H and O–H groups in total. The largest absolute Gasteiger partial charge is 0.457 e. The van der Waals surface area contributed by atoms with Gasteiger partial charge in [-0.1, -0.05) is 18.2 Å². The summed E-state index contributed by atoms with van der Waals surface area (Å²) in [5, 5.41) is 7.97. The maximum Gasteiger partial charge on any atom is 0.349 e. The molecule has 34 heavy (non-hydrogen) atoms. The summed E-state index contributed by atoms with van der Waals surface area (Å²) in [6.45, 7) is -0.347. The summed E-state index contributed by atoms with van der Waals surface area (Å²) in [6.07, 6.45) is 0.677. The van der Waals surface area contributed by atoms with E-state index in [1.54, 1.807) is 24.3 Å². The van der Waals surface area contributed by atoms with E-state index >= 15 is 0 Å². The number of imide groups is 1. The van der Waals surface area contributed by atoms with Crippen molar-refractivity contribution in [2.75, 3.05) is 13.6 Å². The fourth-order valence-corrected chi connectivity index (χ4v) is 4.68. The van der Waals surface area contributed by atoms with Crippen LogP contribution < -0.4 is 10.2 Å². The first-order chi connectivity index (χ1) is 16.1. The van der Waals surface area contributed by atoms with Gasteiger partial charge < -0.3 is 4.74 Å². The summed E-state index contributed by atoms with van der Waals surface area (Å²) >= 11 is 5.78. The van der Waals surface area contributed by atoms with Crippen molar-refractivity contribution in [3.63, 3.8) is 0 Å². The minimum atomic E-state index is -4.21. The number of nitrogens with zero attached hydrogens (tertiary/aromatic N) is 3. The van der Waals surface area contributed by atoms with Crippen molar-refractivity contribution in [2.45, 2.75) is 22.7 Å². The van der Waals surface area contributed by atoms with E-state index < -0.39 is 39.3 Å². The zero-order valence-electron chi connectivity index (χ0n) is 17.9. The Balaban J connectivity index is 1.76. The van der Waals surface area contributed by atoms with Crippen molar-refractivity contribution in [1.82, 2.24) is 14.7 Å². The van der Waals surface area contributed by atoms with Crippen molar-refractivity contribution >= 4 is 45.7 Å². The second-order valence-electron chi connectivity index (χ2n) is 7.14. The zero-order chi connectivity index (χ0) is 24.9. The van der Waals surface area contributed by atoms with Gasteiger partial charge in [0.15, 0.2) is 0 Å². The number of ether oxygens (including phenoxy) is 1. The topological polar surface area (TPSA) is 146 Å². The van der Waals surface area contributed by atoms with Crippen molar-refractivity contribution < 1.29 is 32.7 Å². The maximum atomic E-state index is 13.1. The first-order valence-electron chi connectivity index (χ1n) is 9.93. The molecular weight excluding hydrogens is 488 g/mol. The highest BCUT2D eigenvalue weighted by Crippen LogP contribution is 2.25. The van der Waals surface area contributed by atoms with Gasteiger partial charge in [0.25, 0.3) is 11.8 Å². The third-order valence-corrected chi connectivity index (χ3v) is 7.19. The number of rotatable bonds is 9. The lowest BCUT2D eigenvalue weighted by Crippen LogP contribution is -2.50. The number of hydrogen-bond acceptors (Lipinski definition) is 7. The molecule has 4 amide bonds. The molecule has 1 aliphatic rings. The van der Waals surface area contributed by atoms with Gasteiger partial charge in [0.05, 0.1) is 4.90 Å². The lowest BCUT2D eigenvalue weighted by molar-refractivity contribution is -0.134. The predicted molar refractivity (Wildman–Crippen MR) is 121 cm³/mol. The number of aliphatic imine (C=N–C) groups is 1. The number of sulfonamides is 1. The second kappa shape index (κ2) is 10.7. The van der Waals surface area contributed by atoms with E-state index in [0.717, 1.165) is 17.6 Å². The Hall–Kier alpha value is -3.32. The Morgan fingerprint density at radius 2 is 1.79 bits per heavy atom. The number of amides is 4. The maximum absolute atomic E-state index is 13.1. The SMILES string of the molecule is CN(C(CCN1C(=O)N=CC(Cl)C1=O)C(=O)NO)S(=O)(=O)c1ccc(Oc2ccccc2)cc1. The van der Waals surface area contributed by atoms with Crippen LogP contribution in [0.5, 0.6) is 11.5 Å². The fraction of sp³-hybridized carbons (Fsp3) is 0.238. The first-order valence-corrected chi connectivity index (χ1v) is 11.8. The molecule has 0 saturated heterocycles. The zero-order valence-corrected chi connectivity index (χ0v) is 19.4. The molecule has 0 aromatic heterocycles. The third kappa shape index (κ3) is 5.59. The average Bonchev–Trinajstić information content (AvgIpc) is 2.84. The number of nitrogens with one attached hydrogen (secondary N) is 1. The quantitative estimate of drug-likeness (QED) is 0.299. The number of halogens is 1. The van der Waals surface area contributed by atoms with Crippen molar-refractivity contribution in [3.05, 3.63) is 54.6 Å². The number of carbonyl (C=O) groups excluding carboxylic acids is 3. The molecule has 0 fully saturated rings. The van der Waals surface area contributed by atoms with Gasteiger partial charge in [-0.2, -0.15) is 4.31 Å². The van der Waals surface area contributed by atoms with Gasteiger partial charge in [0, 0.05) is 19.8 Å². The van der Waals surface area contributed by atoms with Gasteiger partial charge in [-0.3, -0.25) is 19.7 Å². The summed E-state index contributed by atoms with van der Waals surface area (Å²) in [4.78, 5) is 40.3. The van der Waals surface area contributed by atoms with Crippen LogP contribution in [0.3, 0.4) is 0 Å². The molecule has 3 rings (SSSR count). The van der Waals surface area contributed by atoms with Crippen LogP contribution in [-0.2, 0) is 19.6 Å². The molecule has 0 spiro atoms. The molecule has 1 aliphatic heterocycles. The van der Waals surface area contributed by atoms with Gasteiger partial charge in [-0.15, -0.1) is 11.6 Å². The number of likely N-dealkylation sites (N-methyl/N-ethyl adjacent to an activating group) is 1. The lowest BCUT2D eigenvalue weighted by atomic mass is 10.2. The molecule has 180 valence electrons. The predicted octanol–water partition coefficient (Wildman–Crippen LogP) is 2.00. The molecule has 2 aromatic carbocycles. The Labute approximate surface area is 200 Å². The standard InChI is InChI=1S/C21H21ClN4O7S/c1-25(18(19(27)24-30)11-12-26-20(28)17(22)13-23-21(26)29)34(31,32)16-9-7-15(8-10-16)33-14-5-3-2-4-6-14/h2-10,13,17-18,30H,11-12H2,1H3,(H,24,27). The molecule has 0 aliphatic carbocycles. The van der Waals surface area contributed by atoms with Crippen LogP contribution in [0, 0.1) is 0 Å². The summed E-state index contributed by atoms with van der Waals surface area (Å²) in [5.74, 6) is -0.821. The van der Waals surface area contributed by atoms with Crippen LogP contribution >= 0.6 is 11.6 Å². The van der Waals surface area contributed by atoms with Crippen molar-refractivity contribution in [1.29, 1.82) is 0 Å². The molecule has 0 saturated carbocycles. The Kier molecular flexibility index (Phi) is 7.99. The number of hydrogen-bond donors (Lipinski definition) is 2. The summed E-state index contributed by atoms with van der Waals surface area (Å²) in [7, 11) is -3.07. The minimum Gasteiger partial charge on any atom is -0.457 e. The molecule has 11 nitrogen and oxygen atoms in total. The number of carbonyl (C=O) groups is 3. The van der Waals surface area contributed by atoms with E-state index in [-0.39, 0.29) is 17.9 Å². The van der Waals surface area contributed by atoms with Crippen molar-refractivity contribution in [3.8, 4) is 11.5 Å². The van der Waals surface area contributed by atoms with Gasteiger partial charge >= 0.3 is 6.03 Å². The van der Waals surface area contributed by atoms with Gasteiger partial charge in [-0.05, 0) is 42.8 Å². The van der Waals surface area contributed by atoms with E-state index in [4.69, 9.17) is 21.5 Å². The van der Waals surface area contributed by atoms with Gasteiger partial charge in [-0.25, -0.2) is 23.7 Å². The number of hydroxylamine groups is 1. The smallest absolute Gasteiger partial charge is 0.349 e. The second-order valence-corrected chi connectivity index (χ2v) is 9.61. The van der Waals surface area contributed by atoms with E-state index in [2.05, 4.69) is 4.99 Å². The average molecular weight is 509 g/mol. The third-order valence-electron chi connectivity index (χ3n) is 5.01. The normalized spacial score (nSPS) is 17.1. The lowest BCUT2D eigenvalue weighted by Gasteiger charge is -2.29. The highest BCUT2D eigenvalue weighted by atomic mass is 35.5. The van der Waals surface area contributed by atoms with Crippen LogP contribution in [0.25, 0.3) is 0 Å². The van der Waals surface area contributed by atoms with Crippen LogP contribution in [0.4, 0.5) is 4.79 Å². The van der Waals surface area contributed by atoms with Crippen LogP contribution in [0.1, 0.15) is 6.42 Å². The number of urea groups is 1. The van der Waals surface area contributed by atoms with E-state index in [0.29, 0.717) is 16.4 Å². The summed E-state index contributed by atoms with van der Waals surface area (Å²) < 4.78 is 32.6. The summed E-state index contributed by atoms with van der Waals surface area (Å²) in [6, 6.07) is 12.1. The Morgan fingerprint density at radius 3 is 2.41 bits per heavy atom. The van der Waals surface area contributed by atoms with Gasteiger partial charge in [0.1, 0.15) is 22.9 Å². The van der Waals surface area contributed by atoms with E-state index in [9.17, 15) is 22.8 Å². The molecule has 2 atom stereocenters. The molecule has 0 radical (unpaired) electrons. The molecule has 1 heterocycles. The number of alkyl halides is 1. The minimum absolute atomic E-state index is 0.137. The molecule has 2 unspecified atom stereocenters. The molecule has 2 aromatic rings. The van der Waals surface area contributed by atoms with Crippen molar-refractivity contribution in [2.24, 2.45) is 4.99 Å². The first kappa shape index (κ1) is 25.3. The van der Waals surface area contributed by atoms with Crippen LogP contribution in [0.15, 0.2) is 64.5 Å². The van der Waals surface area contributed by atoms with Crippen LogP contribution in [0.2, 0.25) is 0 Å². The number of benzene rings is 2. The fourth-order valence-electron chi connectivity index (χ4n) is 3.15. The monoisotopic (exact) mass is 508 g/mol. The molecule has 0 bridgehead atoms. The molecular formula is C21H21ClN4O7S. The number of para-hydroxylation sites is 1. The Morgan fingerprint density at radius 1 is 1.18 bits per heavy atom. The molecule has 13 heteroatoms. The van der Waals surface area contributed by atoms with E-state index in [1.807, 2.05) is 6.07 Å². The highest BCUT2D eigenvalue weighted by molar-refractivity contribution is 7.89. The van der Waals surface area contributed by atoms with Gasteiger partial charge in [0.2, 0.25) is 10.0 Å². The van der Waals surface area contributed by atoms with E-state index in [1.165, 1.54) is 29.7 Å².